The van der Waals surface area contributed by atoms with Gasteiger partial charge in [0, 0.05) is 17.9 Å². The average molecular weight is 320 g/mol. The number of amides is 2. The number of benzene rings is 2. The van der Waals surface area contributed by atoms with Gasteiger partial charge in [0.2, 0.25) is 11.8 Å². The molecule has 3 rings (SSSR count). The Balaban J connectivity index is 1.69. The normalized spacial score (nSPS) is 13.1. The molecule has 0 fully saturated rings. The van der Waals surface area contributed by atoms with Gasteiger partial charge >= 0.3 is 0 Å². The summed E-state index contributed by atoms with van der Waals surface area (Å²) in [6.07, 6.45) is 3.60. The minimum Gasteiger partial charge on any atom is -0.323 e. The van der Waals surface area contributed by atoms with Crippen LogP contribution in [0.2, 0.25) is 0 Å². The zero-order chi connectivity index (χ0) is 16.9. The van der Waals surface area contributed by atoms with Gasteiger partial charge in [-0.3, -0.25) is 9.59 Å². The van der Waals surface area contributed by atoms with Gasteiger partial charge < -0.3 is 10.2 Å². The molecule has 1 aliphatic rings. The van der Waals surface area contributed by atoms with Gasteiger partial charge in [-0.1, -0.05) is 36.9 Å². The number of carbonyl (C=O) groups excluding carboxylic acids is 2. The lowest BCUT2D eigenvalue weighted by atomic mass is 10.0. The van der Waals surface area contributed by atoms with E-state index in [2.05, 4.69) is 18.0 Å². The molecule has 0 bridgehead atoms. The maximum absolute atomic E-state index is 12.7. The lowest BCUT2D eigenvalue weighted by Gasteiger charge is -2.29. The molecule has 2 amide bonds. The van der Waals surface area contributed by atoms with E-state index in [1.54, 1.807) is 12.1 Å². The van der Waals surface area contributed by atoms with Crippen LogP contribution in [0.3, 0.4) is 0 Å². The number of anilines is 2. The van der Waals surface area contributed by atoms with Crippen LogP contribution in [0.1, 0.15) is 17.5 Å². The zero-order valence-electron chi connectivity index (χ0n) is 13.5. The predicted molar refractivity (Wildman–Crippen MR) is 96.1 cm³/mol. The van der Waals surface area contributed by atoms with E-state index in [1.807, 2.05) is 35.2 Å². The van der Waals surface area contributed by atoms with Crippen LogP contribution in [0.25, 0.3) is 0 Å². The molecule has 0 aliphatic carbocycles. The molecule has 24 heavy (non-hydrogen) atoms. The van der Waals surface area contributed by atoms with Gasteiger partial charge in [0.15, 0.2) is 0 Å². The summed E-state index contributed by atoms with van der Waals surface area (Å²) in [6, 6.07) is 15.4. The Bertz CT molecular complexity index is 765. The molecule has 0 saturated heterocycles. The van der Waals surface area contributed by atoms with Gasteiger partial charge in [0.25, 0.3) is 0 Å². The highest BCUT2D eigenvalue weighted by Gasteiger charge is 2.21. The second-order valence-corrected chi connectivity index (χ2v) is 5.84. The zero-order valence-corrected chi connectivity index (χ0v) is 13.5. The molecule has 0 saturated carbocycles. The summed E-state index contributed by atoms with van der Waals surface area (Å²) in [7, 11) is 0. The molecular formula is C20H20N2O2. The Morgan fingerprint density at radius 1 is 1.12 bits per heavy atom. The van der Waals surface area contributed by atoms with Crippen molar-refractivity contribution in [1.82, 2.24) is 0 Å². The number of para-hydroxylation sites is 1. The molecule has 0 atom stereocenters. The van der Waals surface area contributed by atoms with Crippen LogP contribution in [-0.4, -0.2) is 18.4 Å². The molecular weight excluding hydrogens is 300 g/mol. The molecule has 0 aromatic heterocycles. The van der Waals surface area contributed by atoms with Crippen molar-refractivity contribution in [3.05, 3.63) is 72.3 Å². The van der Waals surface area contributed by atoms with Gasteiger partial charge in [0.1, 0.15) is 0 Å². The van der Waals surface area contributed by atoms with Crippen molar-refractivity contribution in [3.63, 3.8) is 0 Å². The third-order valence-corrected chi connectivity index (χ3v) is 4.17. The largest absolute Gasteiger partial charge is 0.323 e. The van der Waals surface area contributed by atoms with E-state index < -0.39 is 0 Å². The molecule has 4 nitrogen and oxygen atoms in total. The van der Waals surface area contributed by atoms with Crippen molar-refractivity contribution >= 4 is 23.2 Å². The molecule has 0 radical (unpaired) electrons. The van der Waals surface area contributed by atoms with Gasteiger partial charge in [-0.2, -0.15) is 0 Å². The van der Waals surface area contributed by atoms with Crippen molar-refractivity contribution < 1.29 is 9.59 Å². The molecule has 0 spiro atoms. The number of carbonyl (C=O) groups is 2. The fourth-order valence-corrected chi connectivity index (χ4v) is 2.96. The van der Waals surface area contributed by atoms with E-state index in [0.717, 1.165) is 30.6 Å². The van der Waals surface area contributed by atoms with E-state index in [9.17, 15) is 9.59 Å². The number of rotatable bonds is 4. The first kappa shape index (κ1) is 16.0. The Morgan fingerprint density at radius 3 is 2.62 bits per heavy atom. The molecule has 1 heterocycles. The van der Waals surface area contributed by atoms with Crippen LogP contribution in [-0.2, 0) is 22.4 Å². The number of fused-ring (bicyclic) bond motifs is 1. The highest BCUT2D eigenvalue weighted by molar-refractivity contribution is 5.99. The number of aryl methyl sites for hydroxylation is 1. The fourth-order valence-electron chi connectivity index (χ4n) is 2.96. The first-order chi connectivity index (χ1) is 11.7. The minimum absolute atomic E-state index is 0.102. The molecule has 2 aromatic rings. The Labute approximate surface area is 141 Å². The summed E-state index contributed by atoms with van der Waals surface area (Å²) in [5.74, 6) is -0.145. The van der Waals surface area contributed by atoms with Gasteiger partial charge in [0.05, 0.1) is 6.42 Å². The van der Waals surface area contributed by atoms with Crippen LogP contribution >= 0.6 is 0 Å². The number of hydrogen-bond acceptors (Lipinski definition) is 2. The summed E-state index contributed by atoms with van der Waals surface area (Å²) >= 11 is 0. The minimum atomic E-state index is -0.247. The standard InChI is InChI=1S/C20H20N2O2/c1-2-19(23)21-17-11-9-15(10-12-17)14-20(24)22-13-5-7-16-6-3-4-8-18(16)22/h2-4,6,8-12H,1,5,7,13-14H2,(H,21,23). The number of hydrogen-bond donors (Lipinski definition) is 1. The van der Waals surface area contributed by atoms with Crippen LogP contribution in [0.4, 0.5) is 11.4 Å². The first-order valence-corrected chi connectivity index (χ1v) is 8.08. The Morgan fingerprint density at radius 2 is 1.88 bits per heavy atom. The van der Waals surface area contributed by atoms with E-state index in [-0.39, 0.29) is 11.8 Å². The lowest BCUT2D eigenvalue weighted by molar-refractivity contribution is -0.118. The third-order valence-electron chi connectivity index (χ3n) is 4.17. The Hall–Kier alpha value is -2.88. The Kier molecular flexibility index (Phi) is 4.75. The smallest absolute Gasteiger partial charge is 0.247 e. The van der Waals surface area contributed by atoms with Gasteiger partial charge in [-0.25, -0.2) is 0 Å². The van der Waals surface area contributed by atoms with E-state index in [1.165, 1.54) is 11.6 Å². The summed E-state index contributed by atoms with van der Waals surface area (Å²) < 4.78 is 0. The first-order valence-electron chi connectivity index (χ1n) is 8.08. The number of nitrogens with zero attached hydrogens (tertiary/aromatic N) is 1. The van der Waals surface area contributed by atoms with E-state index in [4.69, 9.17) is 0 Å². The van der Waals surface area contributed by atoms with Crippen molar-refractivity contribution in [3.8, 4) is 0 Å². The summed E-state index contributed by atoms with van der Waals surface area (Å²) in [5, 5.41) is 2.70. The monoisotopic (exact) mass is 320 g/mol. The molecule has 4 heteroatoms. The molecule has 1 N–H and O–H groups in total. The van der Waals surface area contributed by atoms with Crippen molar-refractivity contribution in [1.29, 1.82) is 0 Å². The average Bonchev–Trinajstić information content (AvgIpc) is 2.62. The molecule has 2 aromatic carbocycles. The maximum atomic E-state index is 12.7. The lowest BCUT2D eigenvalue weighted by Crippen LogP contribution is -2.36. The molecule has 0 unspecified atom stereocenters. The topological polar surface area (TPSA) is 49.4 Å². The SMILES string of the molecule is C=CC(=O)Nc1ccc(CC(=O)N2CCCc3ccccc32)cc1. The van der Waals surface area contributed by atoms with Crippen molar-refractivity contribution in [2.24, 2.45) is 0 Å². The van der Waals surface area contributed by atoms with Crippen LogP contribution in [0.15, 0.2) is 61.2 Å². The second kappa shape index (κ2) is 7.13. The molecule has 1 aliphatic heterocycles. The number of nitrogens with one attached hydrogen (secondary N) is 1. The quantitative estimate of drug-likeness (QED) is 0.879. The predicted octanol–water partition coefficient (Wildman–Crippen LogP) is 3.33. The fraction of sp³-hybridized carbons (Fsp3) is 0.200. The van der Waals surface area contributed by atoms with Crippen molar-refractivity contribution in [2.45, 2.75) is 19.3 Å². The summed E-state index contributed by atoms with van der Waals surface area (Å²) in [6.45, 7) is 4.19. The molecule has 122 valence electrons. The summed E-state index contributed by atoms with van der Waals surface area (Å²) in [5.41, 5.74) is 3.89. The van der Waals surface area contributed by atoms with Crippen molar-refractivity contribution in [2.75, 3.05) is 16.8 Å². The van der Waals surface area contributed by atoms with Crippen LogP contribution in [0, 0.1) is 0 Å². The van der Waals surface area contributed by atoms with Crippen LogP contribution in [0.5, 0.6) is 0 Å². The maximum Gasteiger partial charge on any atom is 0.247 e. The van der Waals surface area contributed by atoms with E-state index >= 15 is 0 Å². The summed E-state index contributed by atoms with van der Waals surface area (Å²) in [4.78, 5) is 25.8. The third kappa shape index (κ3) is 3.54. The van der Waals surface area contributed by atoms with Gasteiger partial charge in [-0.15, -0.1) is 0 Å². The highest BCUT2D eigenvalue weighted by atomic mass is 16.2. The van der Waals surface area contributed by atoms with Gasteiger partial charge in [-0.05, 0) is 48.2 Å². The van der Waals surface area contributed by atoms with Crippen LogP contribution < -0.4 is 10.2 Å². The highest BCUT2D eigenvalue weighted by Crippen LogP contribution is 2.27. The van der Waals surface area contributed by atoms with E-state index in [0.29, 0.717) is 12.1 Å². The second-order valence-electron chi connectivity index (χ2n) is 5.84.